The molecule has 0 bridgehead atoms. The van der Waals surface area contributed by atoms with Gasteiger partial charge in [-0.1, -0.05) is 182 Å². The van der Waals surface area contributed by atoms with Gasteiger partial charge >= 0.3 is 0 Å². The third-order valence-corrected chi connectivity index (χ3v) is 9.13. The van der Waals surface area contributed by atoms with E-state index in [0.717, 1.165) is 17.1 Å². The van der Waals surface area contributed by atoms with Gasteiger partial charge in [0.05, 0.1) is 5.69 Å². The van der Waals surface area contributed by atoms with Crippen molar-refractivity contribution >= 4 is 17.1 Å². The predicted octanol–water partition coefficient (Wildman–Crippen LogP) is 13.5. The van der Waals surface area contributed by atoms with E-state index < -0.39 is 0 Å². The Labute approximate surface area is 289 Å². The Bertz CT molecular complexity index is 2310. The van der Waals surface area contributed by atoms with Crippen molar-refractivity contribution in [1.82, 2.24) is 0 Å². The molecule has 232 valence electrons. The Kier molecular flexibility index (Phi) is 8.39. The van der Waals surface area contributed by atoms with E-state index in [1.807, 2.05) is 0 Å². The van der Waals surface area contributed by atoms with Crippen LogP contribution in [0.2, 0.25) is 0 Å². The van der Waals surface area contributed by atoms with Crippen molar-refractivity contribution in [3.63, 3.8) is 0 Å². The summed E-state index contributed by atoms with van der Waals surface area (Å²) >= 11 is 0. The standard InChI is InChI=1S/C48H35N/c1-4-18-36(19-5-1)41-24-10-11-25-42(41)38-32-34-40(35-33-38)49(39-22-8-3-9-23-39)48-31-17-16-30-47(48)46-29-15-14-28-45(46)44-27-13-12-26-43(44)37-20-6-2-7-21-37/h1-35H. The maximum atomic E-state index is 2.38. The zero-order valence-corrected chi connectivity index (χ0v) is 27.2. The van der Waals surface area contributed by atoms with Crippen LogP contribution in [0, 0.1) is 0 Å². The summed E-state index contributed by atoms with van der Waals surface area (Å²) in [7, 11) is 0. The molecule has 0 aromatic heterocycles. The molecule has 8 aromatic rings. The number of para-hydroxylation sites is 2. The first kappa shape index (κ1) is 29.9. The predicted molar refractivity (Wildman–Crippen MR) is 208 cm³/mol. The van der Waals surface area contributed by atoms with Crippen molar-refractivity contribution in [2.24, 2.45) is 0 Å². The average Bonchev–Trinajstić information content (AvgIpc) is 3.20. The van der Waals surface area contributed by atoms with Gasteiger partial charge < -0.3 is 4.90 Å². The zero-order valence-electron chi connectivity index (χ0n) is 27.2. The first-order chi connectivity index (χ1) is 24.3. The van der Waals surface area contributed by atoms with Gasteiger partial charge in [-0.15, -0.1) is 0 Å². The molecule has 0 saturated heterocycles. The SMILES string of the molecule is c1ccc(-c2ccccc2-c2ccc(N(c3ccccc3)c3ccccc3-c3ccccc3-c3ccccc3-c3ccccc3)cc2)cc1. The van der Waals surface area contributed by atoms with Crippen LogP contribution in [-0.4, -0.2) is 0 Å². The molecule has 1 heteroatoms. The molecule has 0 spiro atoms. The highest BCUT2D eigenvalue weighted by atomic mass is 15.1. The average molecular weight is 626 g/mol. The van der Waals surface area contributed by atoms with Crippen LogP contribution in [0.25, 0.3) is 55.6 Å². The summed E-state index contributed by atoms with van der Waals surface area (Å²) in [5, 5.41) is 0. The first-order valence-corrected chi connectivity index (χ1v) is 16.8. The van der Waals surface area contributed by atoms with Crippen LogP contribution in [0.1, 0.15) is 0 Å². The van der Waals surface area contributed by atoms with Gasteiger partial charge in [-0.25, -0.2) is 0 Å². The number of benzene rings is 8. The summed E-state index contributed by atoms with van der Waals surface area (Å²) in [6.45, 7) is 0. The van der Waals surface area contributed by atoms with E-state index in [0.29, 0.717) is 0 Å². The van der Waals surface area contributed by atoms with Crippen LogP contribution in [-0.2, 0) is 0 Å². The van der Waals surface area contributed by atoms with Gasteiger partial charge in [-0.3, -0.25) is 0 Å². The summed E-state index contributed by atoms with van der Waals surface area (Å²) in [5.41, 5.74) is 15.4. The molecule has 0 amide bonds. The van der Waals surface area contributed by atoms with Gasteiger partial charge in [0.15, 0.2) is 0 Å². The number of hydrogen-bond acceptors (Lipinski definition) is 1. The second-order valence-corrected chi connectivity index (χ2v) is 12.1. The Morgan fingerprint density at radius 1 is 0.204 bits per heavy atom. The molecule has 0 unspecified atom stereocenters. The van der Waals surface area contributed by atoms with Crippen LogP contribution in [0.3, 0.4) is 0 Å². The minimum atomic E-state index is 1.10. The van der Waals surface area contributed by atoms with Crippen LogP contribution in [0.15, 0.2) is 212 Å². The van der Waals surface area contributed by atoms with Crippen LogP contribution < -0.4 is 4.90 Å². The van der Waals surface area contributed by atoms with Crippen LogP contribution >= 0.6 is 0 Å². The lowest BCUT2D eigenvalue weighted by Crippen LogP contribution is -2.11. The Balaban J connectivity index is 1.26. The Hall–Kier alpha value is -6.44. The molecule has 0 aliphatic rings. The normalized spacial score (nSPS) is 10.9. The summed E-state index contributed by atoms with van der Waals surface area (Å²) < 4.78 is 0. The van der Waals surface area contributed by atoms with Crippen LogP contribution in [0.4, 0.5) is 17.1 Å². The Morgan fingerprint density at radius 2 is 0.510 bits per heavy atom. The number of anilines is 3. The van der Waals surface area contributed by atoms with Gasteiger partial charge in [0.25, 0.3) is 0 Å². The van der Waals surface area contributed by atoms with E-state index in [-0.39, 0.29) is 0 Å². The summed E-state index contributed by atoms with van der Waals surface area (Å²) in [4.78, 5) is 2.38. The van der Waals surface area contributed by atoms with E-state index in [4.69, 9.17) is 0 Å². The molecule has 0 heterocycles. The van der Waals surface area contributed by atoms with E-state index in [1.165, 1.54) is 55.6 Å². The summed E-state index contributed by atoms with van der Waals surface area (Å²) in [6.07, 6.45) is 0. The number of hydrogen-bond donors (Lipinski definition) is 0. The third-order valence-electron chi connectivity index (χ3n) is 9.13. The maximum Gasteiger partial charge on any atom is 0.0540 e. The highest BCUT2D eigenvalue weighted by molar-refractivity contribution is 5.97. The topological polar surface area (TPSA) is 3.24 Å². The van der Waals surface area contributed by atoms with Crippen molar-refractivity contribution in [2.45, 2.75) is 0 Å². The molecule has 0 saturated carbocycles. The van der Waals surface area contributed by atoms with Gasteiger partial charge in [0.2, 0.25) is 0 Å². The fraction of sp³-hybridized carbons (Fsp3) is 0. The van der Waals surface area contributed by atoms with Crippen molar-refractivity contribution in [3.8, 4) is 55.6 Å². The molecule has 1 nitrogen and oxygen atoms in total. The molecule has 0 atom stereocenters. The largest absolute Gasteiger partial charge is 0.310 e. The van der Waals surface area contributed by atoms with E-state index in [1.54, 1.807) is 0 Å². The van der Waals surface area contributed by atoms with Crippen molar-refractivity contribution in [3.05, 3.63) is 212 Å². The molecule has 0 aliphatic heterocycles. The fourth-order valence-electron chi connectivity index (χ4n) is 6.84. The molecular formula is C48H35N. The lowest BCUT2D eigenvalue weighted by molar-refractivity contribution is 1.28. The second kappa shape index (κ2) is 13.7. The maximum absolute atomic E-state index is 2.38. The molecular weight excluding hydrogens is 591 g/mol. The molecule has 0 N–H and O–H groups in total. The van der Waals surface area contributed by atoms with E-state index >= 15 is 0 Å². The first-order valence-electron chi connectivity index (χ1n) is 16.8. The van der Waals surface area contributed by atoms with Crippen LogP contribution in [0.5, 0.6) is 0 Å². The molecule has 8 rings (SSSR count). The van der Waals surface area contributed by atoms with Crippen molar-refractivity contribution in [1.29, 1.82) is 0 Å². The van der Waals surface area contributed by atoms with Gasteiger partial charge in [0.1, 0.15) is 0 Å². The third kappa shape index (κ3) is 6.06. The molecule has 0 aliphatic carbocycles. The molecule has 0 fully saturated rings. The smallest absolute Gasteiger partial charge is 0.0540 e. The number of nitrogens with zero attached hydrogens (tertiary/aromatic N) is 1. The minimum Gasteiger partial charge on any atom is -0.310 e. The monoisotopic (exact) mass is 625 g/mol. The molecule has 0 radical (unpaired) electrons. The second-order valence-electron chi connectivity index (χ2n) is 12.1. The van der Waals surface area contributed by atoms with Gasteiger partial charge in [0, 0.05) is 16.9 Å². The van der Waals surface area contributed by atoms with Gasteiger partial charge in [-0.2, -0.15) is 0 Å². The Morgan fingerprint density at radius 3 is 1.02 bits per heavy atom. The fourth-order valence-corrected chi connectivity index (χ4v) is 6.84. The highest BCUT2D eigenvalue weighted by Gasteiger charge is 2.20. The quantitative estimate of drug-likeness (QED) is 0.162. The van der Waals surface area contributed by atoms with Crippen molar-refractivity contribution in [2.75, 3.05) is 4.90 Å². The number of rotatable bonds is 8. The zero-order chi connectivity index (χ0) is 32.8. The van der Waals surface area contributed by atoms with E-state index in [9.17, 15) is 0 Å². The van der Waals surface area contributed by atoms with Crippen molar-refractivity contribution < 1.29 is 0 Å². The minimum absolute atomic E-state index is 1.10. The molecule has 49 heavy (non-hydrogen) atoms. The summed E-state index contributed by atoms with van der Waals surface area (Å²) in [6, 6.07) is 75.9. The lowest BCUT2D eigenvalue weighted by Gasteiger charge is -2.28. The van der Waals surface area contributed by atoms with E-state index in [2.05, 4.69) is 217 Å². The lowest BCUT2D eigenvalue weighted by atomic mass is 9.88. The highest BCUT2D eigenvalue weighted by Crippen LogP contribution is 2.45. The summed E-state index contributed by atoms with van der Waals surface area (Å²) in [5.74, 6) is 0. The van der Waals surface area contributed by atoms with Gasteiger partial charge in [-0.05, 0) is 80.4 Å². The molecule has 8 aromatic carbocycles.